The summed E-state index contributed by atoms with van der Waals surface area (Å²) in [6.45, 7) is 10.4. The van der Waals surface area contributed by atoms with Crippen molar-refractivity contribution in [3.63, 3.8) is 0 Å². The fourth-order valence-corrected chi connectivity index (χ4v) is 5.82. The van der Waals surface area contributed by atoms with Crippen LogP contribution in [-0.2, 0) is 20.5 Å². The first kappa shape index (κ1) is 30.4. The number of alkyl halides is 2. The van der Waals surface area contributed by atoms with Gasteiger partial charge in [0.1, 0.15) is 6.04 Å². The number of benzene rings is 1. The first-order valence-corrected chi connectivity index (χ1v) is 14.4. The smallest absolute Gasteiger partial charge is 0.252 e. The molecule has 1 aromatic carbocycles. The first-order valence-electron chi connectivity index (χ1n) is 14.4. The van der Waals surface area contributed by atoms with E-state index in [1.807, 2.05) is 31.2 Å². The van der Waals surface area contributed by atoms with Gasteiger partial charge in [-0.1, -0.05) is 46.2 Å². The van der Waals surface area contributed by atoms with Crippen molar-refractivity contribution in [2.75, 3.05) is 11.4 Å². The average Bonchev–Trinajstić information content (AvgIpc) is 3.38. The SMILES string of the molecule is CC[C@@H]1C[C@H](C(=O)N(c2ccc(C(C)(C)C)cc2)C(C)(C(=O)NC2CCC(F)(F)CC2)c2cnccn2)N(C#N)C1. The number of amides is 2. The number of carbonyl (C=O) groups is 2. The van der Waals surface area contributed by atoms with E-state index in [-0.39, 0.29) is 42.7 Å². The largest absolute Gasteiger partial charge is 0.351 e. The third-order valence-electron chi connectivity index (χ3n) is 8.59. The predicted molar refractivity (Wildman–Crippen MR) is 152 cm³/mol. The predicted octanol–water partition coefficient (Wildman–Crippen LogP) is 5.30. The lowest BCUT2D eigenvalue weighted by Gasteiger charge is -2.42. The van der Waals surface area contributed by atoms with E-state index < -0.39 is 35.4 Å². The number of nitriles is 1. The van der Waals surface area contributed by atoms with E-state index >= 15 is 0 Å². The Kier molecular flexibility index (Phi) is 8.67. The van der Waals surface area contributed by atoms with E-state index in [2.05, 4.69) is 42.2 Å². The second-order valence-electron chi connectivity index (χ2n) is 12.5. The van der Waals surface area contributed by atoms with Crippen LogP contribution in [0.1, 0.15) is 84.4 Å². The molecule has 2 aromatic rings. The first-order chi connectivity index (χ1) is 19.3. The molecule has 8 nitrogen and oxygen atoms in total. The van der Waals surface area contributed by atoms with Gasteiger partial charge < -0.3 is 5.32 Å². The van der Waals surface area contributed by atoms with Crippen molar-refractivity contribution in [2.24, 2.45) is 5.92 Å². The van der Waals surface area contributed by atoms with Crippen LogP contribution < -0.4 is 10.2 Å². The van der Waals surface area contributed by atoms with Crippen LogP contribution in [-0.4, -0.2) is 51.2 Å². The van der Waals surface area contributed by atoms with Crippen molar-refractivity contribution in [1.29, 1.82) is 5.26 Å². The molecule has 1 saturated carbocycles. The van der Waals surface area contributed by atoms with Crippen molar-refractivity contribution in [2.45, 2.75) is 102 Å². The molecule has 3 atom stereocenters. The number of nitrogens with one attached hydrogen (secondary N) is 1. The summed E-state index contributed by atoms with van der Waals surface area (Å²) >= 11 is 0. The summed E-state index contributed by atoms with van der Waals surface area (Å²) in [5.41, 5.74) is -0.0629. The number of nitrogens with zero attached hydrogens (tertiary/aromatic N) is 5. The zero-order valence-corrected chi connectivity index (χ0v) is 24.5. The van der Waals surface area contributed by atoms with Crippen molar-refractivity contribution in [3.05, 3.63) is 54.1 Å². The minimum absolute atomic E-state index is 0.131. The number of anilines is 1. The zero-order valence-electron chi connectivity index (χ0n) is 24.5. The lowest BCUT2D eigenvalue weighted by molar-refractivity contribution is -0.133. The molecule has 220 valence electrons. The van der Waals surface area contributed by atoms with Crippen molar-refractivity contribution in [3.8, 4) is 6.19 Å². The van der Waals surface area contributed by atoms with Crippen LogP contribution in [0.5, 0.6) is 0 Å². The van der Waals surface area contributed by atoms with Gasteiger partial charge in [0, 0.05) is 43.5 Å². The van der Waals surface area contributed by atoms with E-state index in [0.717, 1.165) is 12.0 Å². The minimum atomic E-state index is -2.74. The Morgan fingerprint density at radius 1 is 1.15 bits per heavy atom. The number of hydrogen-bond donors (Lipinski definition) is 1. The molecular formula is C31H40F2N6O2. The number of likely N-dealkylation sites (tertiary alicyclic amines) is 1. The molecule has 2 amide bonds. The van der Waals surface area contributed by atoms with E-state index in [1.165, 1.54) is 28.4 Å². The van der Waals surface area contributed by atoms with Crippen LogP contribution in [0.15, 0.2) is 42.9 Å². The second kappa shape index (κ2) is 11.7. The Balaban J connectivity index is 1.82. The summed E-state index contributed by atoms with van der Waals surface area (Å²) < 4.78 is 27.7. The van der Waals surface area contributed by atoms with Crippen molar-refractivity contribution >= 4 is 17.5 Å². The van der Waals surface area contributed by atoms with Gasteiger partial charge in [-0.25, -0.2) is 8.78 Å². The lowest BCUT2D eigenvalue weighted by atomic mass is 9.86. The van der Waals surface area contributed by atoms with Gasteiger partial charge in [0.05, 0.1) is 11.9 Å². The van der Waals surface area contributed by atoms with Crippen LogP contribution in [0.2, 0.25) is 0 Å². The highest BCUT2D eigenvalue weighted by Gasteiger charge is 2.51. The maximum absolute atomic E-state index is 14.6. The molecule has 1 aliphatic carbocycles. The molecule has 4 rings (SSSR count). The van der Waals surface area contributed by atoms with Gasteiger partial charge in [-0.15, -0.1) is 0 Å². The molecule has 1 aromatic heterocycles. The molecule has 1 saturated heterocycles. The number of hydrogen-bond acceptors (Lipinski definition) is 6. The number of carbonyl (C=O) groups excluding carboxylic acids is 2. The maximum atomic E-state index is 14.6. The highest BCUT2D eigenvalue weighted by Crippen LogP contribution is 2.38. The summed E-state index contributed by atoms with van der Waals surface area (Å²) in [5, 5.41) is 12.9. The summed E-state index contributed by atoms with van der Waals surface area (Å²) in [7, 11) is 0. The number of aromatic nitrogens is 2. The molecule has 0 radical (unpaired) electrons. The zero-order chi connectivity index (χ0) is 30.0. The van der Waals surface area contributed by atoms with Crippen LogP contribution in [0, 0.1) is 17.4 Å². The van der Waals surface area contributed by atoms with E-state index in [4.69, 9.17) is 0 Å². The standard InChI is InChI=1S/C31H40F2N6O2/c1-6-21-17-25(38(19-21)20-34)27(40)39(24-9-7-22(8-10-24)29(2,3)4)30(5,26-18-35-15-16-36-26)28(41)37-23-11-13-31(32,33)14-12-23/h7-10,15-16,18,21,23,25H,6,11-14,17,19H2,1-5H3,(H,37,41)/t21-,25-,30?/m1/s1. The highest BCUT2D eigenvalue weighted by atomic mass is 19.3. The van der Waals surface area contributed by atoms with Crippen molar-refractivity contribution < 1.29 is 18.4 Å². The molecular weight excluding hydrogens is 526 g/mol. The lowest BCUT2D eigenvalue weighted by Crippen LogP contribution is -2.62. The van der Waals surface area contributed by atoms with Crippen LogP contribution in [0.25, 0.3) is 0 Å². The third-order valence-corrected chi connectivity index (χ3v) is 8.59. The second-order valence-corrected chi connectivity index (χ2v) is 12.5. The minimum Gasteiger partial charge on any atom is -0.351 e. The number of halogens is 2. The molecule has 2 fully saturated rings. The molecule has 1 N–H and O–H groups in total. The highest BCUT2D eigenvalue weighted by molar-refractivity contribution is 6.06. The molecule has 0 bridgehead atoms. The van der Waals surface area contributed by atoms with E-state index in [1.54, 1.807) is 6.92 Å². The quantitative estimate of drug-likeness (QED) is 0.457. The van der Waals surface area contributed by atoms with Crippen LogP contribution >= 0.6 is 0 Å². The molecule has 0 spiro atoms. The Morgan fingerprint density at radius 2 is 1.80 bits per heavy atom. The average molecular weight is 567 g/mol. The van der Waals surface area contributed by atoms with Gasteiger partial charge in [-0.2, -0.15) is 5.26 Å². The summed E-state index contributed by atoms with van der Waals surface area (Å²) in [6.07, 6.45) is 7.50. The molecule has 1 aliphatic heterocycles. The summed E-state index contributed by atoms with van der Waals surface area (Å²) in [6, 6.07) is 6.25. The Labute approximate surface area is 241 Å². The monoisotopic (exact) mass is 566 g/mol. The molecule has 2 heterocycles. The van der Waals surface area contributed by atoms with E-state index in [9.17, 15) is 23.6 Å². The van der Waals surface area contributed by atoms with E-state index in [0.29, 0.717) is 18.7 Å². The van der Waals surface area contributed by atoms with Crippen LogP contribution in [0.3, 0.4) is 0 Å². The Hall–Kier alpha value is -3.61. The third kappa shape index (κ3) is 6.34. The van der Waals surface area contributed by atoms with Gasteiger partial charge in [0.15, 0.2) is 11.7 Å². The van der Waals surface area contributed by atoms with Gasteiger partial charge in [-0.05, 0) is 55.2 Å². The Morgan fingerprint density at radius 3 is 2.34 bits per heavy atom. The molecule has 41 heavy (non-hydrogen) atoms. The summed E-state index contributed by atoms with van der Waals surface area (Å²) in [4.78, 5) is 40.4. The van der Waals surface area contributed by atoms with Gasteiger partial charge in [0.25, 0.3) is 11.8 Å². The van der Waals surface area contributed by atoms with Gasteiger partial charge in [-0.3, -0.25) is 29.4 Å². The molecule has 10 heteroatoms. The number of rotatable bonds is 7. The molecule has 2 aliphatic rings. The van der Waals surface area contributed by atoms with Crippen LogP contribution in [0.4, 0.5) is 14.5 Å². The maximum Gasteiger partial charge on any atom is 0.252 e. The normalized spacial score (nSPS) is 22.4. The van der Waals surface area contributed by atoms with Gasteiger partial charge >= 0.3 is 0 Å². The topological polar surface area (TPSA) is 102 Å². The summed E-state index contributed by atoms with van der Waals surface area (Å²) in [5.74, 6) is -3.51. The van der Waals surface area contributed by atoms with Crippen molar-refractivity contribution in [1.82, 2.24) is 20.2 Å². The fourth-order valence-electron chi connectivity index (χ4n) is 5.82. The fraction of sp³-hybridized carbons (Fsp3) is 0.581. The Bertz CT molecular complexity index is 1260. The van der Waals surface area contributed by atoms with Gasteiger partial charge in [0.2, 0.25) is 5.92 Å². The molecule has 1 unspecified atom stereocenters.